The van der Waals surface area contributed by atoms with E-state index in [-0.39, 0.29) is 16.7 Å². The Morgan fingerprint density at radius 2 is 2.20 bits per heavy atom. The summed E-state index contributed by atoms with van der Waals surface area (Å²) in [6, 6.07) is 5.45. The number of benzene rings is 1. The molecule has 2 unspecified atom stereocenters. The lowest BCUT2D eigenvalue weighted by Crippen LogP contribution is -2.56. The summed E-state index contributed by atoms with van der Waals surface area (Å²) in [5.74, 6) is 0. The van der Waals surface area contributed by atoms with E-state index < -0.39 is 0 Å². The highest BCUT2D eigenvalue weighted by Gasteiger charge is 2.31. The minimum atomic E-state index is -0.350. The molecule has 1 aliphatic rings. The fraction of sp³-hybridized carbons (Fsp3) is 0.571. The number of rotatable bonds is 4. The molecule has 0 bridgehead atoms. The smallest absolute Gasteiger partial charge is 0.294 e. The van der Waals surface area contributed by atoms with E-state index in [1.807, 2.05) is 0 Å². The maximum absolute atomic E-state index is 11.3. The molecular weight excluding hydrogens is 278 g/mol. The van der Waals surface area contributed by atoms with E-state index in [2.05, 4.69) is 24.1 Å². The summed E-state index contributed by atoms with van der Waals surface area (Å²) >= 11 is 6.25. The van der Waals surface area contributed by atoms with Gasteiger partial charge in [-0.05, 0) is 18.9 Å². The van der Waals surface area contributed by atoms with E-state index in [9.17, 15) is 10.1 Å². The van der Waals surface area contributed by atoms with Crippen molar-refractivity contribution in [2.24, 2.45) is 0 Å². The van der Waals surface area contributed by atoms with Gasteiger partial charge in [0.2, 0.25) is 0 Å². The van der Waals surface area contributed by atoms with Gasteiger partial charge in [0.25, 0.3) is 5.69 Å². The van der Waals surface area contributed by atoms with Gasteiger partial charge in [0.15, 0.2) is 0 Å². The van der Waals surface area contributed by atoms with Gasteiger partial charge in [0, 0.05) is 31.2 Å². The first kappa shape index (κ1) is 15.1. The van der Waals surface area contributed by atoms with Crippen LogP contribution in [0, 0.1) is 10.1 Å². The van der Waals surface area contributed by atoms with Gasteiger partial charge in [0.1, 0.15) is 5.69 Å². The molecule has 20 heavy (non-hydrogen) atoms. The molecule has 0 amide bonds. The molecule has 5 nitrogen and oxygen atoms in total. The number of hydrogen-bond acceptors (Lipinski definition) is 4. The molecule has 6 heteroatoms. The Kier molecular flexibility index (Phi) is 4.83. The molecule has 1 saturated heterocycles. The van der Waals surface area contributed by atoms with E-state index in [4.69, 9.17) is 11.6 Å². The minimum absolute atomic E-state index is 0.0905. The summed E-state index contributed by atoms with van der Waals surface area (Å²) in [6.45, 7) is 5.79. The average molecular weight is 298 g/mol. The third kappa shape index (κ3) is 2.88. The summed E-state index contributed by atoms with van der Waals surface area (Å²) in [4.78, 5) is 13.0. The van der Waals surface area contributed by atoms with Gasteiger partial charge in [-0.1, -0.05) is 31.5 Å². The summed E-state index contributed by atoms with van der Waals surface area (Å²) in [6.07, 6.45) is 1.91. The predicted molar refractivity (Wildman–Crippen MR) is 81.6 cm³/mol. The number of hydrogen-bond donors (Lipinski definition) is 1. The SMILES string of the molecule is CCC1CN(c2c(Cl)cccc2[N+](=O)[O-])C(CC)CN1. The van der Waals surface area contributed by atoms with Crippen LogP contribution in [0.1, 0.15) is 26.7 Å². The number of para-hydroxylation sites is 1. The van der Waals surface area contributed by atoms with Gasteiger partial charge in [-0.2, -0.15) is 0 Å². The van der Waals surface area contributed by atoms with Crippen molar-refractivity contribution in [3.05, 3.63) is 33.3 Å². The Hall–Kier alpha value is -1.33. The number of nitro groups is 1. The topological polar surface area (TPSA) is 58.4 Å². The molecule has 0 radical (unpaired) electrons. The molecule has 110 valence electrons. The molecule has 1 aromatic carbocycles. The van der Waals surface area contributed by atoms with Crippen LogP contribution in [0.15, 0.2) is 18.2 Å². The number of nitrogens with one attached hydrogen (secondary N) is 1. The number of piperazine rings is 1. The Labute approximate surface area is 124 Å². The predicted octanol–water partition coefficient (Wildman–Crippen LogP) is 3.22. The zero-order valence-electron chi connectivity index (χ0n) is 11.8. The average Bonchev–Trinajstić information content (AvgIpc) is 2.46. The maximum atomic E-state index is 11.3. The number of nitro benzene ring substituents is 1. The van der Waals surface area contributed by atoms with Gasteiger partial charge in [-0.15, -0.1) is 0 Å². The fourth-order valence-corrected chi connectivity index (χ4v) is 2.99. The van der Waals surface area contributed by atoms with E-state index in [1.54, 1.807) is 12.1 Å². The molecule has 0 aliphatic carbocycles. The minimum Gasteiger partial charge on any atom is -0.359 e. The molecular formula is C14H20ClN3O2. The zero-order chi connectivity index (χ0) is 14.7. The third-order valence-corrected chi connectivity index (χ3v) is 4.22. The Balaban J connectivity index is 2.43. The summed E-state index contributed by atoms with van der Waals surface area (Å²) in [5.41, 5.74) is 0.652. The van der Waals surface area contributed by atoms with Crippen LogP contribution >= 0.6 is 11.6 Å². The molecule has 2 rings (SSSR count). The monoisotopic (exact) mass is 297 g/mol. The molecule has 2 atom stereocenters. The Bertz CT molecular complexity index is 495. The van der Waals surface area contributed by atoms with E-state index in [0.29, 0.717) is 16.8 Å². The lowest BCUT2D eigenvalue weighted by molar-refractivity contribution is -0.384. The number of nitrogens with zero attached hydrogens (tertiary/aromatic N) is 2. The molecule has 1 aliphatic heterocycles. The van der Waals surface area contributed by atoms with Gasteiger partial charge in [0.05, 0.1) is 9.95 Å². The van der Waals surface area contributed by atoms with Crippen molar-refractivity contribution in [3.8, 4) is 0 Å². The molecule has 1 fully saturated rings. The molecule has 0 aromatic heterocycles. The summed E-state index contributed by atoms with van der Waals surface area (Å²) in [7, 11) is 0. The quantitative estimate of drug-likeness (QED) is 0.685. The Morgan fingerprint density at radius 1 is 1.45 bits per heavy atom. The summed E-state index contributed by atoms with van der Waals surface area (Å²) in [5, 5.41) is 15.2. The Morgan fingerprint density at radius 3 is 2.80 bits per heavy atom. The molecule has 0 spiro atoms. The van der Waals surface area contributed by atoms with Crippen molar-refractivity contribution in [2.45, 2.75) is 38.8 Å². The van der Waals surface area contributed by atoms with E-state index in [1.165, 1.54) is 6.07 Å². The van der Waals surface area contributed by atoms with E-state index >= 15 is 0 Å². The van der Waals surface area contributed by atoms with Crippen molar-refractivity contribution in [3.63, 3.8) is 0 Å². The second-order valence-corrected chi connectivity index (χ2v) is 5.50. The molecule has 1 N–H and O–H groups in total. The van der Waals surface area contributed by atoms with E-state index in [0.717, 1.165) is 25.9 Å². The molecule has 1 aromatic rings. The lowest BCUT2D eigenvalue weighted by Gasteiger charge is -2.41. The molecule has 0 saturated carbocycles. The van der Waals surface area contributed by atoms with Crippen molar-refractivity contribution in [1.29, 1.82) is 0 Å². The lowest BCUT2D eigenvalue weighted by atomic mass is 10.0. The first-order valence-electron chi connectivity index (χ1n) is 7.01. The standard InChI is InChI=1S/C14H20ClN3O2/c1-3-10-9-17(11(4-2)8-16-10)14-12(15)6-5-7-13(14)18(19)20/h5-7,10-11,16H,3-4,8-9H2,1-2H3. The van der Waals surface area contributed by atoms with Crippen molar-refractivity contribution in [1.82, 2.24) is 5.32 Å². The highest BCUT2D eigenvalue weighted by Crippen LogP contribution is 2.37. The fourth-order valence-electron chi connectivity index (χ4n) is 2.71. The van der Waals surface area contributed by atoms with Gasteiger partial charge < -0.3 is 10.2 Å². The van der Waals surface area contributed by atoms with Crippen molar-refractivity contribution in [2.75, 3.05) is 18.0 Å². The van der Waals surface area contributed by atoms with Crippen LogP contribution in [0.2, 0.25) is 5.02 Å². The maximum Gasteiger partial charge on any atom is 0.294 e. The highest BCUT2D eigenvalue weighted by molar-refractivity contribution is 6.33. The van der Waals surface area contributed by atoms with Crippen LogP contribution in [-0.2, 0) is 0 Å². The first-order chi connectivity index (χ1) is 9.58. The van der Waals surface area contributed by atoms with Gasteiger partial charge in [-0.25, -0.2) is 0 Å². The van der Waals surface area contributed by atoms with Crippen LogP contribution in [0.5, 0.6) is 0 Å². The second kappa shape index (κ2) is 6.41. The van der Waals surface area contributed by atoms with Crippen LogP contribution in [0.3, 0.4) is 0 Å². The zero-order valence-corrected chi connectivity index (χ0v) is 12.6. The number of halogens is 1. The summed E-state index contributed by atoms with van der Waals surface area (Å²) < 4.78 is 0. The van der Waals surface area contributed by atoms with Crippen molar-refractivity contribution < 1.29 is 4.92 Å². The van der Waals surface area contributed by atoms with Crippen LogP contribution in [-0.4, -0.2) is 30.1 Å². The van der Waals surface area contributed by atoms with Crippen LogP contribution in [0.25, 0.3) is 0 Å². The van der Waals surface area contributed by atoms with Gasteiger partial charge >= 0.3 is 0 Å². The third-order valence-electron chi connectivity index (χ3n) is 3.91. The van der Waals surface area contributed by atoms with Crippen LogP contribution < -0.4 is 10.2 Å². The highest BCUT2D eigenvalue weighted by atomic mass is 35.5. The van der Waals surface area contributed by atoms with Crippen LogP contribution in [0.4, 0.5) is 11.4 Å². The molecule has 1 heterocycles. The second-order valence-electron chi connectivity index (χ2n) is 5.09. The normalized spacial score (nSPS) is 22.9. The van der Waals surface area contributed by atoms with Gasteiger partial charge in [-0.3, -0.25) is 10.1 Å². The number of anilines is 1. The largest absolute Gasteiger partial charge is 0.359 e. The first-order valence-corrected chi connectivity index (χ1v) is 7.39. The van der Waals surface area contributed by atoms with Crippen molar-refractivity contribution >= 4 is 23.0 Å².